The van der Waals surface area contributed by atoms with E-state index >= 15 is 0 Å². The van der Waals surface area contributed by atoms with E-state index in [2.05, 4.69) is 21.2 Å². The van der Waals surface area contributed by atoms with Gasteiger partial charge in [0.05, 0.1) is 6.04 Å². The quantitative estimate of drug-likeness (QED) is 0.850. The Labute approximate surface area is 123 Å². The smallest absolute Gasteiger partial charge is 0.124 e. The first kappa shape index (κ1) is 14.4. The molecule has 2 rings (SSSR count). The molecule has 1 nitrogen and oxygen atoms in total. The summed E-state index contributed by atoms with van der Waals surface area (Å²) in [5.41, 5.74) is 1.40. The highest BCUT2D eigenvalue weighted by atomic mass is 79.9. The van der Waals surface area contributed by atoms with Crippen LogP contribution in [0.2, 0.25) is 5.02 Å². The summed E-state index contributed by atoms with van der Waals surface area (Å²) in [6, 6.07) is 8.23. The van der Waals surface area contributed by atoms with Crippen molar-refractivity contribution in [3.05, 3.63) is 68.7 Å². The van der Waals surface area contributed by atoms with Crippen molar-refractivity contribution >= 4 is 27.5 Å². The molecule has 1 N–H and O–H groups in total. The van der Waals surface area contributed by atoms with E-state index in [0.29, 0.717) is 15.1 Å². The average molecular weight is 347 g/mol. The Morgan fingerprint density at radius 2 is 1.68 bits per heavy atom. The molecule has 2 aromatic rings. The van der Waals surface area contributed by atoms with E-state index in [1.54, 1.807) is 13.1 Å². The lowest BCUT2D eigenvalue weighted by atomic mass is 9.98. The zero-order valence-corrected chi connectivity index (χ0v) is 12.4. The van der Waals surface area contributed by atoms with Gasteiger partial charge < -0.3 is 5.32 Å². The zero-order valence-electron chi connectivity index (χ0n) is 10.1. The molecule has 0 radical (unpaired) electrons. The molecule has 19 heavy (non-hydrogen) atoms. The predicted molar refractivity (Wildman–Crippen MR) is 76.4 cm³/mol. The monoisotopic (exact) mass is 345 g/mol. The third-order valence-corrected chi connectivity index (χ3v) is 3.86. The largest absolute Gasteiger partial charge is 0.309 e. The highest BCUT2D eigenvalue weighted by Crippen LogP contribution is 2.33. The first-order valence-electron chi connectivity index (χ1n) is 5.60. The van der Waals surface area contributed by atoms with E-state index in [1.807, 2.05) is 0 Å². The van der Waals surface area contributed by atoms with Gasteiger partial charge in [0.15, 0.2) is 0 Å². The molecule has 0 aliphatic heterocycles. The van der Waals surface area contributed by atoms with Gasteiger partial charge in [0.25, 0.3) is 0 Å². The Morgan fingerprint density at radius 3 is 2.32 bits per heavy atom. The average Bonchev–Trinajstić information content (AvgIpc) is 2.36. The van der Waals surface area contributed by atoms with Crippen molar-refractivity contribution in [2.45, 2.75) is 6.04 Å². The molecule has 0 saturated carbocycles. The molecule has 0 aliphatic rings. The Kier molecular flexibility index (Phi) is 4.55. The second kappa shape index (κ2) is 5.99. The molecule has 0 bridgehead atoms. The highest BCUT2D eigenvalue weighted by Gasteiger charge is 2.18. The fourth-order valence-corrected chi connectivity index (χ4v) is 2.76. The van der Waals surface area contributed by atoms with Crippen LogP contribution in [0.3, 0.4) is 0 Å². The molecule has 1 atom stereocenters. The number of hydrogen-bond acceptors (Lipinski definition) is 1. The molecule has 0 aromatic heterocycles. The molecular formula is C14H11BrClF2N. The van der Waals surface area contributed by atoms with E-state index < -0.39 is 0 Å². The number of rotatable bonds is 3. The minimum atomic E-state index is -0.363. The summed E-state index contributed by atoms with van der Waals surface area (Å²) in [5.74, 6) is -0.700. The van der Waals surface area contributed by atoms with Gasteiger partial charge in [-0.15, -0.1) is 0 Å². The fraction of sp³-hybridized carbons (Fsp3) is 0.143. The lowest BCUT2D eigenvalue weighted by Gasteiger charge is -2.20. The molecule has 0 amide bonds. The van der Waals surface area contributed by atoms with E-state index in [-0.39, 0.29) is 17.7 Å². The van der Waals surface area contributed by atoms with Crippen LogP contribution in [0.4, 0.5) is 8.78 Å². The number of nitrogens with one attached hydrogen (secondary N) is 1. The van der Waals surface area contributed by atoms with Gasteiger partial charge in [0.1, 0.15) is 11.6 Å². The minimum Gasteiger partial charge on any atom is -0.309 e. The summed E-state index contributed by atoms with van der Waals surface area (Å²) < 4.78 is 27.1. The van der Waals surface area contributed by atoms with Crippen LogP contribution in [0.25, 0.3) is 0 Å². The van der Waals surface area contributed by atoms with Crippen LogP contribution in [0.1, 0.15) is 17.2 Å². The van der Waals surface area contributed by atoms with Crippen molar-refractivity contribution < 1.29 is 8.78 Å². The third kappa shape index (κ3) is 3.14. The molecule has 0 fully saturated rings. The maximum atomic E-state index is 13.4. The molecule has 100 valence electrons. The molecule has 0 aliphatic carbocycles. The van der Waals surface area contributed by atoms with E-state index in [4.69, 9.17) is 11.6 Å². The van der Waals surface area contributed by atoms with Crippen LogP contribution in [0, 0.1) is 11.6 Å². The molecule has 0 spiro atoms. The second-order valence-electron chi connectivity index (χ2n) is 4.05. The topological polar surface area (TPSA) is 12.0 Å². The van der Waals surface area contributed by atoms with Gasteiger partial charge in [-0.25, -0.2) is 8.78 Å². The van der Waals surface area contributed by atoms with Crippen molar-refractivity contribution in [2.75, 3.05) is 7.05 Å². The Balaban J connectivity index is 2.52. The minimum absolute atomic E-state index is 0.321. The number of halogens is 4. The molecule has 0 heterocycles. The van der Waals surface area contributed by atoms with Crippen molar-refractivity contribution in [2.24, 2.45) is 0 Å². The van der Waals surface area contributed by atoms with Crippen LogP contribution in [-0.4, -0.2) is 7.05 Å². The van der Waals surface area contributed by atoms with Crippen LogP contribution in [-0.2, 0) is 0 Å². The Hall–Kier alpha value is -0.970. The van der Waals surface area contributed by atoms with E-state index in [0.717, 1.165) is 5.56 Å². The fourth-order valence-electron chi connectivity index (χ4n) is 1.95. The second-order valence-corrected chi connectivity index (χ2v) is 5.31. The van der Waals surface area contributed by atoms with Gasteiger partial charge >= 0.3 is 0 Å². The summed E-state index contributed by atoms with van der Waals surface area (Å²) in [6.45, 7) is 0. The number of hydrogen-bond donors (Lipinski definition) is 1. The summed E-state index contributed by atoms with van der Waals surface area (Å²) in [4.78, 5) is 0. The SMILES string of the molecule is CNC(c1cc(F)ccc1Cl)c1ccc(F)cc1Br. The maximum absolute atomic E-state index is 13.4. The molecular weight excluding hydrogens is 336 g/mol. The van der Waals surface area contributed by atoms with Crippen LogP contribution < -0.4 is 5.32 Å². The predicted octanol–water partition coefficient (Wildman–Crippen LogP) is 4.69. The Bertz CT molecular complexity index is 604. The van der Waals surface area contributed by atoms with Crippen molar-refractivity contribution in [1.82, 2.24) is 5.32 Å². The summed E-state index contributed by atoms with van der Waals surface area (Å²) in [6.07, 6.45) is 0. The zero-order chi connectivity index (χ0) is 14.0. The first-order chi connectivity index (χ1) is 9.02. The van der Waals surface area contributed by atoms with Gasteiger partial charge in [-0.1, -0.05) is 33.6 Å². The maximum Gasteiger partial charge on any atom is 0.124 e. The van der Waals surface area contributed by atoms with Crippen molar-refractivity contribution in [3.63, 3.8) is 0 Å². The lowest BCUT2D eigenvalue weighted by molar-refractivity contribution is 0.612. The standard InChI is InChI=1S/C14H11BrClF2N/c1-19-14(10-4-2-9(18)7-12(10)15)11-6-8(17)3-5-13(11)16/h2-7,14,19H,1H3. The summed E-state index contributed by atoms with van der Waals surface area (Å²) in [5, 5.41) is 3.51. The van der Waals surface area contributed by atoms with E-state index in [1.165, 1.54) is 30.3 Å². The summed E-state index contributed by atoms with van der Waals surface area (Å²) in [7, 11) is 1.74. The summed E-state index contributed by atoms with van der Waals surface area (Å²) >= 11 is 9.42. The van der Waals surface area contributed by atoms with Crippen LogP contribution in [0.15, 0.2) is 40.9 Å². The van der Waals surface area contributed by atoms with Crippen molar-refractivity contribution in [3.8, 4) is 0 Å². The number of benzene rings is 2. The molecule has 5 heteroatoms. The molecule has 0 saturated heterocycles. The van der Waals surface area contributed by atoms with Crippen molar-refractivity contribution in [1.29, 1.82) is 0 Å². The van der Waals surface area contributed by atoms with Gasteiger partial charge in [0, 0.05) is 9.50 Å². The van der Waals surface area contributed by atoms with Gasteiger partial charge in [-0.05, 0) is 48.5 Å². The highest BCUT2D eigenvalue weighted by molar-refractivity contribution is 9.10. The van der Waals surface area contributed by atoms with E-state index in [9.17, 15) is 8.78 Å². The molecule has 2 aromatic carbocycles. The van der Waals surface area contributed by atoms with Crippen LogP contribution >= 0.6 is 27.5 Å². The van der Waals surface area contributed by atoms with Gasteiger partial charge in [0.2, 0.25) is 0 Å². The van der Waals surface area contributed by atoms with Gasteiger partial charge in [-0.3, -0.25) is 0 Å². The molecule has 1 unspecified atom stereocenters. The third-order valence-electron chi connectivity index (χ3n) is 2.83. The van der Waals surface area contributed by atoms with Gasteiger partial charge in [-0.2, -0.15) is 0 Å². The first-order valence-corrected chi connectivity index (χ1v) is 6.77. The lowest BCUT2D eigenvalue weighted by Crippen LogP contribution is -2.18. The van der Waals surface area contributed by atoms with Crippen LogP contribution in [0.5, 0.6) is 0 Å². The Morgan fingerprint density at radius 1 is 1.05 bits per heavy atom. The normalized spacial score (nSPS) is 12.5.